The van der Waals surface area contributed by atoms with Gasteiger partial charge in [-0.3, -0.25) is 19.4 Å². The van der Waals surface area contributed by atoms with Gasteiger partial charge >= 0.3 is 11.9 Å². The highest BCUT2D eigenvalue weighted by molar-refractivity contribution is 5.72. The Kier molecular flexibility index (Phi) is 25.2. The van der Waals surface area contributed by atoms with Crippen LogP contribution in [0.5, 0.6) is 0 Å². The smallest absolute Gasteiger partial charge is 0.320 e. The third-order valence-electron chi connectivity index (χ3n) is 9.63. The zero-order chi connectivity index (χ0) is 36.1. The summed E-state index contributed by atoms with van der Waals surface area (Å²) in [6.45, 7) is 7.60. The van der Waals surface area contributed by atoms with Crippen molar-refractivity contribution in [3.8, 4) is 11.1 Å². The van der Waals surface area contributed by atoms with Crippen LogP contribution in [0, 0.1) is 0 Å². The van der Waals surface area contributed by atoms with Crippen molar-refractivity contribution in [2.75, 3.05) is 40.3 Å². The van der Waals surface area contributed by atoms with Crippen LogP contribution < -0.4 is 0 Å². The van der Waals surface area contributed by atoms with E-state index in [9.17, 15) is 9.59 Å². The molecule has 0 bridgehead atoms. The Morgan fingerprint density at radius 3 is 1.02 bits per heavy atom. The Labute approximate surface area is 306 Å². The molecular weight excluding hydrogens is 620 g/mol. The van der Waals surface area contributed by atoms with Crippen molar-refractivity contribution in [2.45, 2.75) is 155 Å². The van der Waals surface area contributed by atoms with Crippen LogP contribution in [0.2, 0.25) is 0 Å². The summed E-state index contributed by atoms with van der Waals surface area (Å²) in [6, 6.07) is 16.3. The first-order valence-corrected chi connectivity index (χ1v) is 20.3. The summed E-state index contributed by atoms with van der Waals surface area (Å²) >= 11 is 0. The maximum atomic E-state index is 12.4. The lowest BCUT2D eigenvalue weighted by atomic mass is 10.0. The second kappa shape index (κ2) is 28.9. The number of likely N-dealkylation sites (N-methyl/N-ethyl adjacent to an activating group) is 2. The van der Waals surface area contributed by atoms with Crippen LogP contribution >= 0.6 is 0 Å². The van der Waals surface area contributed by atoms with E-state index in [1.54, 1.807) is 0 Å². The van der Waals surface area contributed by atoms with Gasteiger partial charge in [-0.1, -0.05) is 178 Å². The molecule has 0 atom stereocenters. The lowest BCUT2D eigenvalue weighted by Gasteiger charge is -2.16. The van der Waals surface area contributed by atoms with Crippen LogP contribution in [0.1, 0.15) is 153 Å². The summed E-state index contributed by atoms with van der Waals surface area (Å²) in [5, 5.41) is 0. The van der Waals surface area contributed by atoms with Crippen molar-refractivity contribution in [1.29, 1.82) is 0 Å². The average molecular weight is 693 g/mol. The van der Waals surface area contributed by atoms with Gasteiger partial charge in [0, 0.05) is 0 Å². The Morgan fingerprint density at radius 1 is 0.440 bits per heavy atom. The molecule has 0 aliphatic heterocycles. The standard InChI is InChI=1S/C44H72N2O4/c1-5-7-9-11-13-15-17-19-21-23-33-45(3)35-43(47)49-37-39-25-29-41(30-26-39)42-31-27-40(28-32-42)38-50-44(48)36-46(4)34-24-22-20-18-16-14-12-10-8-6-2/h25-32H,5-24,33-38H2,1-4H3. The van der Waals surface area contributed by atoms with E-state index in [1.165, 1.54) is 116 Å². The SMILES string of the molecule is CCCCCCCCCCCCN(C)CC(=O)OCc1ccc(-c2ccc(COC(=O)CN(C)CCCCCCCCCCCC)cc2)cc1. The van der Waals surface area contributed by atoms with Crippen LogP contribution in [0.25, 0.3) is 11.1 Å². The topological polar surface area (TPSA) is 59.1 Å². The Bertz CT molecular complexity index is 1030. The molecular formula is C44H72N2O4. The molecule has 0 amide bonds. The molecule has 50 heavy (non-hydrogen) atoms. The number of carbonyl (C=O) groups excluding carboxylic acids is 2. The third-order valence-corrected chi connectivity index (χ3v) is 9.63. The molecule has 6 heteroatoms. The maximum Gasteiger partial charge on any atom is 0.320 e. The maximum absolute atomic E-state index is 12.4. The third kappa shape index (κ3) is 22.2. The molecule has 0 radical (unpaired) electrons. The van der Waals surface area contributed by atoms with E-state index < -0.39 is 0 Å². The van der Waals surface area contributed by atoms with Crippen molar-refractivity contribution >= 4 is 11.9 Å². The molecule has 0 unspecified atom stereocenters. The number of ether oxygens (including phenoxy) is 2. The van der Waals surface area contributed by atoms with Crippen LogP contribution in [0.15, 0.2) is 48.5 Å². The minimum Gasteiger partial charge on any atom is -0.460 e. The monoisotopic (exact) mass is 693 g/mol. The van der Waals surface area contributed by atoms with Gasteiger partial charge in [-0.25, -0.2) is 0 Å². The molecule has 0 N–H and O–H groups in total. The van der Waals surface area contributed by atoms with Crippen molar-refractivity contribution in [2.24, 2.45) is 0 Å². The van der Waals surface area contributed by atoms with Crippen molar-refractivity contribution < 1.29 is 19.1 Å². The van der Waals surface area contributed by atoms with Gasteiger partial charge < -0.3 is 9.47 Å². The minimum atomic E-state index is -0.180. The van der Waals surface area contributed by atoms with Gasteiger partial charge in [-0.2, -0.15) is 0 Å². The van der Waals surface area contributed by atoms with Gasteiger partial charge in [0.2, 0.25) is 0 Å². The van der Waals surface area contributed by atoms with Gasteiger partial charge in [0.05, 0.1) is 13.1 Å². The predicted molar refractivity (Wildman–Crippen MR) is 210 cm³/mol. The number of benzene rings is 2. The second-order valence-corrected chi connectivity index (χ2v) is 14.6. The highest BCUT2D eigenvalue weighted by Crippen LogP contribution is 2.21. The number of unbranched alkanes of at least 4 members (excludes halogenated alkanes) is 18. The molecule has 2 rings (SSSR count). The zero-order valence-corrected chi connectivity index (χ0v) is 32.5. The molecule has 282 valence electrons. The number of nitrogens with zero attached hydrogens (tertiary/aromatic N) is 2. The average Bonchev–Trinajstić information content (AvgIpc) is 3.12. The first kappa shape index (κ1) is 43.5. The lowest BCUT2D eigenvalue weighted by Crippen LogP contribution is -2.28. The number of rotatable bonds is 31. The fourth-order valence-electron chi connectivity index (χ4n) is 6.34. The summed E-state index contributed by atoms with van der Waals surface area (Å²) in [7, 11) is 4.00. The van der Waals surface area contributed by atoms with Crippen LogP contribution in [-0.4, -0.2) is 62.0 Å². The van der Waals surface area contributed by atoms with Crippen LogP contribution in [-0.2, 0) is 32.3 Å². The quantitative estimate of drug-likeness (QED) is 0.0579. The first-order valence-electron chi connectivity index (χ1n) is 20.3. The van der Waals surface area contributed by atoms with E-state index in [0.717, 1.165) is 48.2 Å². The summed E-state index contributed by atoms with van der Waals surface area (Å²) in [5.41, 5.74) is 4.13. The molecule has 0 spiro atoms. The molecule has 0 saturated carbocycles. The first-order chi connectivity index (χ1) is 24.4. The van der Waals surface area contributed by atoms with Gasteiger partial charge in [0.15, 0.2) is 0 Å². The fraction of sp³-hybridized carbons (Fsp3) is 0.682. The molecule has 0 saturated heterocycles. The Morgan fingerprint density at radius 2 is 0.720 bits per heavy atom. The van der Waals surface area contributed by atoms with Crippen LogP contribution in [0.4, 0.5) is 0 Å². The van der Waals surface area contributed by atoms with E-state index in [1.807, 2.05) is 38.4 Å². The number of esters is 2. The Hall–Kier alpha value is -2.70. The van der Waals surface area contributed by atoms with Gasteiger partial charge in [-0.15, -0.1) is 0 Å². The zero-order valence-electron chi connectivity index (χ0n) is 32.5. The van der Waals surface area contributed by atoms with Crippen molar-refractivity contribution in [1.82, 2.24) is 9.80 Å². The highest BCUT2D eigenvalue weighted by atomic mass is 16.5. The molecule has 0 fully saturated rings. The lowest BCUT2D eigenvalue weighted by molar-refractivity contribution is -0.146. The van der Waals surface area contributed by atoms with Gasteiger partial charge in [0.25, 0.3) is 0 Å². The summed E-state index contributed by atoms with van der Waals surface area (Å²) < 4.78 is 11.1. The molecule has 2 aromatic carbocycles. The molecule has 0 aliphatic rings. The van der Waals surface area contributed by atoms with Crippen molar-refractivity contribution in [3.05, 3.63) is 59.7 Å². The van der Waals surface area contributed by atoms with E-state index in [-0.39, 0.29) is 25.2 Å². The number of carbonyl (C=O) groups is 2. The fourth-order valence-corrected chi connectivity index (χ4v) is 6.34. The molecule has 6 nitrogen and oxygen atoms in total. The Balaban J connectivity index is 1.55. The van der Waals surface area contributed by atoms with E-state index in [4.69, 9.17) is 9.47 Å². The molecule has 0 aliphatic carbocycles. The largest absolute Gasteiger partial charge is 0.460 e. The van der Waals surface area contributed by atoms with E-state index in [2.05, 4.69) is 47.9 Å². The number of hydrogen-bond acceptors (Lipinski definition) is 6. The van der Waals surface area contributed by atoms with Crippen molar-refractivity contribution in [3.63, 3.8) is 0 Å². The number of hydrogen-bond donors (Lipinski definition) is 0. The van der Waals surface area contributed by atoms with Gasteiger partial charge in [0.1, 0.15) is 13.2 Å². The van der Waals surface area contributed by atoms with Gasteiger partial charge in [-0.05, 0) is 62.3 Å². The highest BCUT2D eigenvalue weighted by Gasteiger charge is 2.10. The van der Waals surface area contributed by atoms with Crippen LogP contribution in [0.3, 0.4) is 0 Å². The molecule has 0 heterocycles. The molecule has 2 aromatic rings. The van der Waals surface area contributed by atoms with E-state index >= 15 is 0 Å². The second-order valence-electron chi connectivity index (χ2n) is 14.6. The minimum absolute atomic E-state index is 0.180. The summed E-state index contributed by atoms with van der Waals surface area (Å²) in [4.78, 5) is 28.9. The normalized spacial score (nSPS) is 11.4. The molecule has 0 aromatic heterocycles. The van der Waals surface area contributed by atoms with E-state index in [0.29, 0.717) is 13.1 Å². The summed E-state index contributed by atoms with van der Waals surface area (Å²) in [5.74, 6) is -0.360. The predicted octanol–water partition coefficient (Wildman–Crippen LogP) is 11.1. The summed E-state index contributed by atoms with van der Waals surface area (Å²) in [6.07, 6.45) is 26.3.